The lowest BCUT2D eigenvalue weighted by Gasteiger charge is -2.35. The van der Waals surface area contributed by atoms with E-state index in [1.54, 1.807) is 24.3 Å². The molecule has 0 saturated carbocycles. The molecule has 7 heteroatoms. The van der Waals surface area contributed by atoms with E-state index in [1.807, 2.05) is 4.90 Å². The lowest BCUT2D eigenvalue weighted by molar-refractivity contribution is 0.0170. The summed E-state index contributed by atoms with van der Waals surface area (Å²) in [7, 11) is 1.51. The van der Waals surface area contributed by atoms with Crippen LogP contribution in [0.15, 0.2) is 24.3 Å². The Labute approximate surface area is 130 Å². The summed E-state index contributed by atoms with van der Waals surface area (Å²) in [5.74, 6) is 0.529. The number of nitrogens with one attached hydrogen (secondary N) is 1. The molecule has 1 N–H and O–H groups in total. The maximum Gasteiger partial charge on any atom is 0.258 e. The molecule has 0 unspecified atom stereocenters. The van der Waals surface area contributed by atoms with Crippen LogP contribution in [0.1, 0.15) is 11.6 Å². The normalized spacial score (nSPS) is 17.0. The van der Waals surface area contributed by atoms with Crippen molar-refractivity contribution in [3.05, 3.63) is 29.8 Å². The van der Waals surface area contributed by atoms with Gasteiger partial charge in [0.2, 0.25) is 0 Å². The number of benzene rings is 1. The number of rotatable bonds is 4. The number of methoxy groups -OCH3 is 1. The minimum atomic E-state index is -2.42. The van der Waals surface area contributed by atoms with Gasteiger partial charge in [0, 0.05) is 31.7 Å². The zero-order valence-corrected chi connectivity index (χ0v) is 12.9. The molecule has 0 bridgehead atoms. The molecule has 2 rings (SSSR count). The lowest BCUT2D eigenvalue weighted by Crippen LogP contribution is -2.47. The van der Waals surface area contributed by atoms with Crippen molar-refractivity contribution in [2.45, 2.75) is 12.5 Å². The van der Waals surface area contributed by atoms with Gasteiger partial charge in [0.1, 0.15) is 5.75 Å². The van der Waals surface area contributed by atoms with E-state index in [4.69, 9.17) is 4.74 Å². The quantitative estimate of drug-likeness (QED) is 0.919. The Balaban J connectivity index is 0.00000180. The number of ether oxygens (including phenoxy) is 1. The SMILES string of the molecule is COc1ccccc1[C@H](C(F)F)N1CCNCC1.Cl.Cl. The fraction of sp³-hybridized carbons (Fsp3) is 0.538. The molecule has 0 spiro atoms. The number of nitrogens with zero attached hydrogens (tertiary/aromatic N) is 1. The van der Waals surface area contributed by atoms with Crippen LogP contribution in [0.2, 0.25) is 0 Å². The first-order valence-corrected chi connectivity index (χ1v) is 6.10. The number of piperazine rings is 1. The summed E-state index contributed by atoms with van der Waals surface area (Å²) in [6, 6.07) is 6.13. The maximum absolute atomic E-state index is 13.4. The highest BCUT2D eigenvalue weighted by atomic mass is 35.5. The molecule has 3 nitrogen and oxygen atoms in total. The molecule has 116 valence electrons. The highest BCUT2D eigenvalue weighted by Crippen LogP contribution is 2.33. The van der Waals surface area contributed by atoms with Crippen molar-refractivity contribution in [1.29, 1.82) is 0 Å². The van der Waals surface area contributed by atoms with Gasteiger partial charge in [0.05, 0.1) is 13.2 Å². The molecule has 1 aliphatic heterocycles. The molecular formula is C13H20Cl2F2N2O. The van der Waals surface area contributed by atoms with Gasteiger partial charge >= 0.3 is 0 Å². The van der Waals surface area contributed by atoms with Crippen LogP contribution in [-0.4, -0.2) is 44.6 Å². The van der Waals surface area contributed by atoms with E-state index in [0.29, 0.717) is 24.4 Å². The van der Waals surface area contributed by atoms with Crippen molar-refractivity contribution in [3.63, 3.8) is 0 Å². The number of para-hydroxylation sites is 1. The van der Waals surface area contributed by atoms with E-state index >= 15 is 0 Å². The summed E-state index contributed by atoms with van der Waals surface area (Å²) in [6.07, 6.45) is -2.42. The third-order valence-electron chi connectivity index (χ3n) is 3.24. The van der Waals surface area contributed by atoms with Gasteiger partial charge < -0.3 is 10.1 Å². The average molecular weight is 329 g/mol. The molecule has 1 aliphatic rings. The second kappa shape index (κ2) is 9.34. The van der Waals surface area contributed by atoms with Crippen LogP contribution in [0.25, 0.3) is 0 Å². The molecule has 0 radical (unpaired) electrons. The first-order chi connectivity index (χ1) is 8.74. The summed E-state index contributed by atoms with van der Waals surface area (Å²) < 4.78 is 31.9. The number of hydrogen-bond acceptors (Lipinski definition) is 3. The van der Waals surface area contributed by atoms with Crippen molar-refractivity contribution in [2.24, 2.45) is 0 Å². The third kappa shape index (κ3) is 4.45. The highest BCUT2D eigenvalue weighted by Gasteiger charge is 2.31. The van der Waals surface area contributed by atoms with Crippen molar-refractivity contribution >= 4 is 24.8 Å². The molecule has 1 aromatic rings. The minimum Gasteiger partial charge on any atom is -0.496 e. The zero-order valence-electron chi connectivity index (χ0n) is 11.2. The van der Waals surface area contributed by atoms with Crippen molar-refractivity contribution in [2.75, 3.05) is 33.3 Å². The second-order valence-electron chi connectivity index (χ2n) is 4.31. The fourth-order valence-electron chi connectivity index (χ4n) is 2.36. The largest absolute Gasteiger partial charge is 0.496 e. The van der Waals surface area contributed by atoms with Crippen molar-refractivity contribution in [1.82, 2.24) is 10.2 Å². The van der Waals surface area contributed by atoms with E-state index < -0.39 is 12.5 Å². The zero-order chi connectivity index (χ0) is 13.0. The number of alkyl halides is 2. The molecule has 1 aromatic carbocycles. The Bertz CT molecular complexity index is 390. The second-order valence-corrected chi connectivity index (χ2v) is 4.31. The summed E-state index contributed by atoms with van der Waals surface area (Å²) >= 11 is 0. The molecule has 0 aromatic heterocycles. The van der Waals surface area contributed by atoms with Crippen LogP contribution in [-0.2, 0) is 0 Å². The van der Waals surface area contributed by atoms with E-state index in [0.717, 1.165) is 13.1 Å². The topological polar surface area (TPSA) is 24.5 Å². The molecular weight excluding hydrogens is 309 g/mol. The van der Waals surface area contributed by atoms with Crippen LogP contribution in [0.3, 0.4) is 0 Å². The van der Waals surface area contributed by atoms with Crippen LogP contribution in [0.5, 0.6) is 5.75 Å². The Kier molecular flexibility index (Phi) is 9.05. The molecule has 20 heavy (non-hydrogen) atoms. The standard InChI is InChI=1S/C13H18F2N2O.2ClH/c1-18-11-5-3-2-4-10(11)12(13(14)15)17-8-6-16-7-9-17;;/h2-5,12-13,16H,6-9H2,1H3;2*1H/t12-;;/m1../s1. The Morgan fingerprint density at radius 1 is 1.15 bits per heavy atom. The number of hydrogen-bond donors (Lipinski definition) is 1. The first kappa shape index (κ1) is 19.4. The summed E-state index contributed by atoms with van der Waals surface area (Å²) in [4.78, 5) is 1.82. The van der Waals surface area contributed by atoms with E-state index in [-0.39, 0.29) is 24.8 Å². The molecule has 0 amide bonds. The highest BCUT2D eigenvalue weighted by molar-refractivity contribution is 5.85. The smallest absolute Gasteiger partial charge is 0.258 e. The van der Waals surface area contributed by atoms with Crippen LogP contribution >= 0.6 is 24.8 Å². The Morgan fingerprint density at radius 3 is 2.30 bits per heavy atom. The summed E-state index contributed by atoms with van der Waals surface area (Å²) in [5.41, 5.74) is 0.567. The maximum atomic E-state index is 13.4. The lowest BCUT2D eigenvalue weighted by atomic mass is 10.0. The van der Waals surface area contributed by atoms with Gasteiger partial charge in [-0.15, -0.1) is 24.8 Å². The third-order valence-corrected chi connectivity index (χ3v) is 3.24. The van der Waals surface area contributed by atoms with E-state index in [1.165, 1.54) is 7.11 Å². The first-order valence-electron chi connectivity index (χ1n) is 6.10. The van der Waals surface area contributed by atoms with Crippen LogP contribution in [0.4, 0.5) is 8.78 Å². The summed E-state index contributed by atoms with van der Waals surface area (Å²) in [6.45, 7) is 2.76. The van der Waals surface area contributed by atoms with Crippen molar-refractivity contribution < 1.29 is 13.5 Å². The molecule has 1 atom stereocenters. The predicted molar refractivity (Wildman–Crippen MR) is 80.7 cm³/mol. The monoisotopic (exact) mass is 328 g/mol. The Morgan fingerprint density at radius 2 is 1.75 bits per heavy atom. The van der Waals surface area contributed by atoms with Gasteiger partial charge in [0.25, 0.3) is 6.43 Å². The van der Waals surface area contributed by atoms with E-state index in [2.05, 4.69) is 5.32 Å². The molecule has 1 heterocycles. The van der Waals surface area contributed by atoms with Gasteiger partial charge in [0.15, 0.2) is 0 Å². The average Bonchev–Trinajstić information content (AvgIpc) is 2.40. The van der Waals surface area contributed by atoms with Crippen molar-refractivity contribution in [3.8, 4) is 5.75 Å². The van der Waals surface area contributed by atoms with Gasteiger partial charge in [-0.1, -0.05) is 18.2 Å². The van der Waals surface area contributed by atoms with E-state index in [9.17, 15) is 8.78 Å². The minimum absolute atomic E-state index is 0. The number of halogens is 4. The van der Waals surface area contributed by atoms with Crippen LogP contribution < -0.4 is 10.1 Å². The van der Waals surface area contributed by atoms with Gasteiger partial charge in [-0.25, -0.2) is 8.78 Å². The molecule has 1 saturated heterocycles. The molecule has 1 fully saturated rings. The van der Waals surface area contributed by atoms with Gasteiger partial charge in [-0.2, -0.15) is 0 Å². The summed E-state index contributed by atoms with van der Waals surface area (Å²) in [5, 5.41) is 3.17. The van der Waals surface area contributed by atoms with Gasteiger partial charge in [-0.05, 0) is 6.07 Å². The predicted octanol–water partition coefficient (Wildman–Crippen LogP) is 2.75. The fourth-order valence-corrected chi connectivity index (χ4v) is 2.36. The Hall–Kier alpha value is -0.620. The molecule has 0 aliphatic carbocycles. The van der Waals surface area contributed by atoms with Crippen LogP contribution in [0, 0.1) is 0 Å². The van der Waals surface area contributed by atoms with Gasteiger partial charge in [-0.3, -0.25) is 4.90 Å².